The number of methoxy groups -OCH3 is 1. The Morgan fingerprint density at radius 2 is 2.33 bits per heavy atom. The topological polar surface area (TPSA) is 64.3 Å². The van der Waals surface area contributed by atoms with Crippen LogP contribution in [-0.4, -0.2) is 27.7 Å². The zero-order valence-electron chi connectivity index (χ0n) is 9.63. The van der Waals surface area contributed by atoms with Gasteiger partial charge in [0, 0.05) is 18.8 Å². The van der Waals surface area contributed by atoms with Gasteiger partial charge in [-0.1, -0.05) is 0 Å². The van der Waals surface area contributed by atoms with E-state index < -0.39 is 11.9 Å². The third-order valence-corrected chi connectivity index (χ3v) is 2.44. The van der Waals surface area contributed by atoms with E-state index in [1.165, 1.54) is 23.8 Å². The van der Waals surface area contributed by atoms with Gasteiger partial charge in [-0.3, -0.25) is 0 Å². The van der Waals surface area contributed by atoms with Crippen molar-refractivity contribution in [3.8, 4) is 5.88 Å². The summed E-state index contributed by atoms with van der Waals surface area (Å²) < 4.78 is 19.6. The van der Waals surface area contributed by atoms with Crippen molar-refractivity contribution >= 4 is 5.97 Å². The number of hydrogen-bond acceptors (Lipinski definition) is 3. The number of carboxylic acid groups (broad SMARTS) is 1. The number of carboxylic acids is 1. The van der Waals surface area contributed by atoms with Crippen molar-refractivity contribution in [1.29, 1.82) is 0 Å². The Morgan fingerprint density at radius 3 is 3.00 bits per heavy atom. The van der Waals surface area contributed by atoms with E-state index in [4.69, 9.17) is 9.84 Å². The molecule has 0 unspecified atom stereocenters. The minimum atomic E-state index is -1.03. The lowest BCUT2D eigenvalue weighted by Crippen LogP contribution is -2.09. The SMILES string of the molecule is COc1cc(Cn2cccc2C(=O)O)cc(F)n1. The molecule has 6 heteroatoms. The average Bonchev–Trinajstić information content (AvgIpc) is 2.76. The van der Waals surface area contributed by atoms with Gasteiger partial charge in [-0.25, -0.2) is 4.79 Å². The van der Waals surface area contributed by atoms with Gasteiger partial charge >= 0.3 is 5.97 Å². The Hall–Kier alpha value is -2.37. The van der Waals surface area contributed by atoms with Gasteiger partial charge < -0.3 is 14.4 Å². The van der Waals surface area contributed by atoms with E-state index in [2.05, 4.69) is 4.98 Å². The zero-order valence-corrected chi connectivity index (χ0v) is 9.63. The first kappa shape index (κ1) is 12.1. The van der Waals surface area contributed by atoms with Crippen LogP contribution in [0.15, 0.2) is 30.5 Å². The molecule has 5 nitrogen and oxygen atoms in total. The Labute approximate surface area is 102 Å². The third-order valence-electron chi connectivity index (χ3n) is 2.44. The summed E-state index contributed by atoms with van der Waals surface area (Å²) in [4.78, 5) is 14.5. The molecule has 94 valence electrons. The summed E-state index contributed by atoms with van der Waals surface area (Å²) in [6.45, 7) is 0.241. The largest absolute Gasteiger partial charge is 0.481 e. The molecule has 0 fully saturated rings. The molecule has 2 heterocycles. The van der Waals surface area contributed by atoms with Crippen molar-refractivity contribution < 1.29 is 19.0 Å². The number of ether oxygens (including phenoxy) is 1. The number of rotatable bonds is 4. The van der Waals surface area contributed by atoms with Crippen LogP contribution in [0.25, 0.3) is 0 Å². The first-order valence-electron chi connectivity index (χ1n) is 5.19. The first-order valence-corrected chi connectivity index (χ1v) is 5.19. The number of aromatic carboxylic acids is 1. The highest BCUT2D eigenvalue weighted by Crippen LogP contribution is 2.14. The number of aromatic nitrogens is 2. The maximum absolute atomic E-state index is 13.2. The van der Waals surface area contributed by atoms with Crippen LogP contribution in [0.3, 0.4) is 0 Å². The van der Waals surface area contributed by atoms with Crippen molar-refractivity contribution in [1.82, 2.24) is 9.55 Å². The van der Waals surface area contributed by atoms with E-state index >= 15 is 0 Å². The molecule has 0 bridgehead atoms. The number of nitrogens with zero attached hydrogens (tertiary/aromatic N) is 2. The second kappa shape index (κ2) is 4.87. The van der Waals surface area contributed by atoms with Gasteiger partial charge in [0.2, 0.25) is 11.8 Å². The predicted molar refractivity (Wildman–Crippen MR) is 61.2 cm³/mol. The summed E-state index contributed by atoms with van der Waals surface area (Å²) in [5, 5.41) is 8.96. The molecular weight excluding hydrogens is 239 g/mol. The Morgan fingerprint density at radius 1 is 1.56 bits per heavy atom. The average molecular weight is 250 g/mol. The van der Waals surface area contributed by atoms with Crippen molar-refractivity contribution in [2.75, 3.05) is 7.11 Å². The lowest BCUT2D eigenvalue weighted by Gasteiger charge is -2.07. The van der Waals surface area contributed by atoms with Gasteiger partial charge in [0.25, 0.3) is 0 Å². The van der Waals surface area contributed by atoms with Gasteiger partial charge in [-0.05, 0) is 23.8 Å². The van der Waals surface area contributed by atoms with E-state index in [0.717, 1.165) is 0 Å². The van der Waals surface area contributed by atoms with Gasteiger partial charge in [0.1, 0.15) is 5.69 Å². The monoisotopic (exact) mass is 250 g/mol. The molecule has 0 saturated carbocycles. The first-order chi connectivity index (χ1) is 8.60. The van der Waals surface area contributed by atoms with Crippen molar-refractivity contribution in [2.24, 2.45) is 0 Å². The Kier molecular flexibility index (Phi) is 3.27. The van der Waals surface area contributed by atoms with Crippen LogP contribution >= 0.6 is 0 Å². The van der Waals surface area contributed by atoms with Crippen LogP contribution < -0.4 is 4.74 Å². The van der Waals surface area contributed by atoms with E-state index in [9.17, 15) is 9.18 Å². The molecule has 18 heavy (non-hydrogen) atoms. The van der Waals surface area contributed by atoms with Crippen molar-refractivity contribution in [2.45, 2.75) is 6.54 Å². The predicted octanol–water partition coefficient (Wildman–Crippen LogP) is 1.78. The summed E-state index contributed by atoms with van der Waals surface area (Å²) in [5.74, 6) is -1.52. The summed E-state index contributed by atoms with van der Waals surface area (Å²) in [6, 6.07) is 5.91. The van der Waals surface area contributed by atoms with E-state index in [-0.39, 0.29) is 18.1 Å². The van der Waals surface area contributed by atoms with Crippen LogP contribution in [-0.2, 0) is 6.54 Å². The highest BCUT2D eigenvalue weighted by Gasteiger charge is 2.10. The van der Waals surface area contributed by atoms with Crippen LogP contribution in [0.4, 0.5) is 4.39 Å². The molecule has 0 amide bonds. The fourth-order valence-corrected chi connectivity index (χ4v) is 1.66. The smallest absolute Gasteiger partial charge is 0.352 e. The molecule has 0 aliphatic rings. The summed E-state index contributed by atoms with van der Waals surface area (Å²) in [5.41, 5.74) is 0.726. The van der Waals surface area contributed by atoms with Crippen LogP contribution in [0.2, 0.25) is 0 Å². The van der Waals surface area contributed by atoms with Crippen LogP contribution in [0.5, 0.6) is 5.88 Å². The van der Waals surface area contributed by atoms with Gasteiger partial charge in [0.15, 0.2) is 0 Å². The molecule has 0 spiro atoms. The third kappa shape index (κ3) is 2.48. The molecule has 0 atom stereocenters. The van der Waals surface area contributed by atoms with Gasteiger partial charge in [-0.15, -0.1) is 0 Å². The zero-order chi connectivity index (χ0) is 13.1. The maximum Gasteiger partial charge on any atom is 0.352 e. The number of hydrogen-bond donors (Lipinski definition) is 1. The van der Waals surface area contributed by atoms with Crippen LogP contribution in [0, 0.1) is 5.95 Å². The molecule has 2 aromatic heterocycles. The maximum atomic E-state index is 13.2. The normalized spacial score (nSPS) is 10.3. The van der Waals surface area contributed by atoms with Crippen LogP contribution in [0.1, 0.15) is 16.1 Å². The molecule has 0 aliphatic carbocycles. The molecule has 1 N–H and O–H groups in total. The van der Waals surface area contributed by atoms with Gasteiger partial charge in [-0.2, -0.15) is 9.37 Å². The molecule has 0 saturated heterocycles. The van der Waals surface area contributed by atoms with Gasteiger partial charge in [0.05, 0.1) is 7.11 Å². The fourth-order valence-electron chi connectivity index (χ4n) is 1.66. The highest BCUT2D eigenvalue weighted by molar-refractivity contribution is 5.85. The molecule has 2 rings (SSSR count). The quantitative estimate of drug-likeness (QED) is 0.840. The van der Waals surface area contributed by atoms with Crippen molar-refractivity contribution in [3.63, 3.8) is 0 Å². The Bertz CT molecular complexity index is 580. The lowest BCUT2D eigenvalue weighted by atomic mass is 10.2. The molecular formula is C12H11FN2O3. The number of pyridine rings is 1. The standard InChI is InChI=1S/C12H11FN2O3/c1-18-11-6-8(5-10(13)14-11)7-15-4-2-3-9(15)12(16)17/h2-6H,7H2,1H3,(H,16,17). The highest BCUT2D eigenvalue weighted by atomic mass is 19.1. The van der Waals surface area contributed by atoms with E-state index in [0.29, 0.717) is 5.56 Å². The minimum absolute atomic E-state index is 0.145. The summed E-state index contributed by atoms with van der Waals surface area (Å²) >= 11 is 0. The fraction of sp³-hybridized carbons (Fsp3) is 0.167. The molecule has 0 aliphatic heterocycles. The number of halogens is 1. The second-order valence-corrected chi connectivity index (χ2v) is 3.67. The van der Waals surface area contributed by atoms with Crippen molar-refractivity contribution in [3.05, 3.63) is 47.7 Å². The molecule has 2 aromatic rings. The Balaban J connectivity index is 2.31. The molecule has 0 radical (unpaired) electrons. The summed E-state index contributed by atoms with van der Waals surface area (Å²) in [7, 11) is 1.39. The second-order valence-electron chi connectivity index (χ2n) is 3.67. The molecule has 0 aromatic carbocycles. The van der Waals surface area contributed by atoms with E-state index in [1.807, 2.05) is 0 Å². The van der Waals surface area contributed by atoms with E-state index in [1.54, 1.807) is 18.3 Å². The lowest BCUT2D eigenvalue weighted by molar-refractivity contribution is 0.0685. The number of carbonyl (C=O) groups is 1. The minimum Gasteiger partial charge on any atom is -0.481 e. The summed E-state index contributed by atoms with van der Waals surface area (Å²) in [6.07, 6.45) is 1.62.